The number of nitrogens with zero attached hydrogens (tertiary/aromatic N) is 2. The molecule has 0 spiro atoms. The summed E-state index contributed by atoms with van der Waals surface area (Å²) < 4.78 is 1.74. The van der Waals surface area contributed by atoms with Crippen molar-refractivity contribution in [1.29, 1.82) is 0 Å². The van der Waals surface area contributed by atoms with E-state index in [-0.39, 0.29) is 5.91 Å². The van der Waals surface area contributed by atoms with Gasteiger partial charge in [0.05, 0.1) is 6.33 Å². The van der Waals surface area contributed by atoms with Crippen molar-refractivity contribution in [2.45, 2.75) is 12.8 Å². The van der Waals surface area contributed by atoms with Gasteiger partial charge in [-0.3, -0.25) is 4.79 Å². The molecule has 1 N–H and O–H groups in total. The van der Waals surface area contributed by atoms with E-state index in [9.17, 15) is 4.79 Å². The third-order valence-electron chi connectivity index (χ3n) is 1.78. The summed E-state index contributed by atoms with van der Waals surface area (Å²) in [4.78, 5) is 15.3. The van der Waals surface area contributed by atoms with Crippen molar-refractivity contribution in [2.24, 2.45) is 7.05 Å². The summed E-state index contributed by atoms with van der Waals surface area (Å²) in [6, 6.07) is 0. The third-order valence-corrected chi connectivity index (χ3v) is 2.05. The lowest BCUT2D eigenvalue weighted by molar-refractivity contribution is 0.0948. The maximum absolute atomic E-state index is 11.4. The smallest absolute Gasteiger partial charge is 0.271 e. The summed E-state index contributed by atoms with van der Waals surface area (Å²) in [6.07, 6.45) is 5.12. The number of alkyl halides is 1. The molecule has 1 rings (SSSR count). The topological polar surface area (TPSA) is 46.9 Å². The molecule has 1 aromatic heterocycles. The fraction of sp³-hybridized carbons (Fsp3) is 0.556. The van der Waals surface area contributed by atoms with E-state index in [4.69, 9.17) is 11.6 Å². The number of carbonyl (C=O) groups excluding carboxylic acids is 1. The van der Waals surface area contributed by atoms with E-state index >= 15 is 0 Å². The second-order valence-corrected chi connectivity index (χ2v) is 3.45. The molecule has 14 heavy (non-hydrogen) atoms. The van der Waals surface area contributed by atoms with Crippen LogP contribution in [0.2, 0.25) is 0 Å². The van der Waals surface area contributed by atoms with Crippen LogP contribution in [0.1, 0.15) is 23.3 Å². The van der Waals surface area contributed by atoms with E-state index in [0.29, 0.717) is 18.1 Å². The highest BCUT2D eigenvalue weighted by molar-refractivity contribution is 6.17. The van der Waals surface area contributed by atoms with Crippen molar-refractivity contribution in [1.82, 2.24) is 14.9 Å². The van der Waals surface area contributed by atoms with Crippen LogP contribution < -0.4 is 5.32 Å². The van der Waals surface area contributed by atoms with Crippen molar-refractivity contribution < 1.29 is 4.79 Å². The Bertz CT molecular complexity index is 298. The highest BCUT2D eigenvalue weighted by Crippen LogP contribution is 1.94. The molecule has 1 heterocycles. The molecule has 0 saturated carbocycles. The first kappa shape index (κ1) is 11.0. The van der Waals surface area contributed by atoms with Crippen LogP contribution in [0.4, 0.5) is 0 Å². The molecule has 0 atom stereocenters. The second kappa shape index (κ2) is 5.65. The molecule has 0 radical (unpaired) electrons. The number of imidazole rings is 1. The summed E-state index contributed by atoms with van der Waals surface area (Å²) in [6.45, 7) is 0.655. The number of nitrogens with one attached hydrogen (secondary N) is 1. The highest BCUT2D eigenvalue weighted by Gasteiger charge is 2.06. The van der Waals surface area contributed by atoms with Crippen LogP contribution in [0.25, 0.3) is 0 Å². The number of hydrogen-bond donors (Lipinski definition) is 1. The molecular weight excluding hydrogens is 202 g/mol. The molecule has 0 fully saturated rings. The Hall–Kier alpha value is -1.03. The standard InChI is InChI=1S/C9H14ClN3O/c1-13-6-8(12-7-13)9(14)11-5-3-2-4-10/h6-7H,2-5H2,1H3,(H,11,14). The van der Waals surface area contributed by atoms with E-state index in [1.54, 1.807) is 17.1 Å². The van der Waals surface area contributed by atoms with Gasteiger partial charge < -0.3 is 9.88 Å². The van der Waals surface area contributed by atoms with Gasteiger partial charge in [0.1, 0.15) is 5.69 Å². The van der Waals surface area contributed by atoms with Gasteiger partial charge in [-0.05, 0) is 12.8 Å². The summed E-state index contributed by atoms with van der Waals surface area (Å²) in [5.41, 5.74) is 0.457. The Kier molecular flexibility index (Phi) is 4.46. The van der Waals surface area contributed by atoms with Gasteiger partial charge in [0.15, 0.2) is 0 Å². The number of rotatable bonds is 5. The molecule has 78 valence electrons. The average molecular weight is 216 g/mol. The zero-order valence-electron chi connectivity index (χ0n) is 8.16. The monoisotopic (exact) mass is 215 g/mol. The number of halogens is 1. The molecule has 0 bridgehead atoms. The minimum Gasteiger partial charge on any atom is -0.351 e. The Morgan fingerprint density at radius 2 is 2.43 bits per heavy atom. The van der Waals surface area contributed by atoms with Gasteiger partial charge >= 0.3 is 0 Å². The van der Waals surface area contributed by atoms with E-state index in [0.717, 1.165) is 12.8 Å². The summed E-state index contributed by atoms with van der Waals surface area (Å²) in [7, 11) is 1.83. The number of aryl methyl sites for hydroxylation is 1. The fourth-order valence-corrected chi connectivity index (χ4v) is 1.23. The van der Waals surface area contributed by atoms with Crippen LogP contribution in [-0.2, 0) is 7.05 Å². The van der Waals surface area contributed by atoms with Crippen LogP contribution in [0.3, 0.4) is 0 Å². The van der Waals surface area contributed by atoms with Crippen LogP contribution in [0, 0.1) is 0 Å². The van der Waals surface area contributed by atoms with E-state index in [1.807, 2.05) is 7.05 Å². The lowest BCUT2D eigenvalue weighted by Crippen LogP contribution is -2.24. The van der Waals surface area contributed by atoms with Crippen LogP contribution in [0.5, 0.6) is 0 Å². The number of unbranched alkanes of at least 4 members (excludes halogenated alkanes) is 1. The van der Waals surface area contributed by atoms with Crippen molar-refractivity contribution in [2.75, 3.05) is 12.4 Å². The van der Waals surface area contributed by atoms with Gasteiger partial charge in [-0.25, -0.2) is 4.98 Å². The van der Waals surface area contributed by atoms with Crippen LogP contribution in [0.15, 0.2) is 12.5 Å². The van der Waals surface area contributed by atoms with Crippen LogP contribution in [-0.4, -0.2) is 27.9 Å². The first-order valence-corrected chi connectivity index (χ1v) is 5.09. The number of carbonyl (C=O) groups is 1. The van der Waals surface area contributed by atoms with Gasteiger partial charge in [-0.2, -0.15) is 0 Å². The third kappa shape index (κ3) is 3.38. The van der Waals surface area contributed by atoms with E-state index in [1.165, 1.54) is 0 Å². The molecule has 0 aromatic carbocycles. The minimum absolute atomic E-state index is 0.125. The first-order chi connectivity index (χ1) is 6.74. The highest BCUT2D eigenvalue weighted by atomic mass is 35.5. The normalized spacial score (nSPS) is 10.1. The molecule has 0 aliphatic rings. The van der Waals surface area contributed by atoms with Crippen molar-refractivity contribution in [3.05, 3.63) is 18.2 Å². The van der Waals surface area contributed by atoms with Gasteiger partial charge in [-0.1, -0.05) is 0 Å². The Balaban J connectivity index is 2.29. The minimum atomic E-state index is -0.125. The summed E-state index contributed by atoms with van der Waals surface area (Å²) in [5.74, 6) is 0.514. The second-order valence-electron chi connectivity index (χ2n) is 3.08. The number of aromatic nitrogens is 2. The number of amides is 1. The maximum Gasteiger partial charge on any atom is 0.271 e. The SMILES string of the molecule is Cn1cnc(C(=O)NCCCCCl)c1. The molecular formula is C9H14ClN3O. The molecule has 0 saturated heterocycles. The van der Waals surface area contributed by atoms with Crippen molar-refractivity contribution >= 4 is 17.5 Å². The number of hydrogen-bond acceptors (Lipinski definition) is 2. The maximum atomic E-state index is 11.4. The zero-order chi connectivity index (χ0) is 10.4. The molecule has 1 amide bonds. The van der Waals surface area contributed by atoms with Gasteiger partial charge in [-0.15, -0.1) is 11.6 Å². The van der Waals surface area contributed by atoms with Gasteiger partial charge in [0, 0.05) is 25.7 Å². The lowest BCUT2D eigenvalue weighted by Gasteiger charge is -2.00. The molecule has 5 heteroatoms. The largest absolute Gasteiger partial charge is 0.351 e. The fourth-order valence-electron chi connectivity index (χ4n) is 1.04. The summed E-state index contributed by atoms with van der Waals surface area (Å²) in [5, 5.41) is 2.77. The van der Waals surface area contributed by atoms with Crippen molar-refractivity contribution in [3.63, 3.8) is 0 Å². The Labute approximate surface area is 88.3 Å². The molecule has 0 aliphatic carbocycles. The molecule has 1 aromatic rings. The first-order valence-electron chi connectivity index (χ1n) is 4.56. The van der Waals surface area contributed by atoms with Gasteiger partial charge in [0.25, 0.3) is 5.91 Å². The zero-order valence-corrected chi connectivity index (χ0v) is 8.92. The van der Waals surface area contributed by atoms with Gasteiger partial charge in [0.2, 0.25) is 0 Å². The quantitative estimate of drug-likeness (QED) is 0.592. The lowest BCUT2D eigenvalue weighted by atomic mass is 10.3. The predicted octanol–water partition coefficient (Wildman–Crippen LogP) is 1.17. The molecule has 0 unspecified atom stereocenters. The molecule has 0 aliphatic heterocycles. The van der Waals surface area contributed by atoms with Crippen molar-refractivity contribution in [3.8, 4) is 0 Å². The summed E-state index contributed by atoms with van der Waals surface area (Å²) >= 11 is 5.51. The molecule has 4 nitrogen and oxygen atoms in total. The Morgan fingerprint density at radius 1 is 1.64 bits per heavy atom. The van der Waals surface area contributed by atoms with Crippen LogP contribution >= 0.6 is 11.6 Å². The van der Waals surface area contributed by atoms with E-state index in [2.05, 4.69) is 10.3 Å². The average Bonchev–Trinajstić information content (AvgIpc) is 2.59. The Morgan fingerprint density at radius 3 is 3.00 bits per heavy atom. The van der Waals surface area contributed by atoms with E-state index < -0.39 is 0 Å². The predicted molar refractivity (Wildman–Crippen MR) is 55.5 cm³/mol.